The lowest BCUT2D eigenvalue weighted by Crippen LogP contribution is -2.37. The molecule has 8 heteroatoms. The SMILES string of the molecule is C[C@@H]1CNC(=O)c2cc3ccc(C(=O)Cc4cnn(Cc5cccc(N)c5)c4)nc3n21. The molecule has 0 radical (unpaired) electrons. The fraction of sp³-hybridized carbons (Fsp3) is 0.217. The first-order chi connectivity index (χ1) is 15.0. The van der Waals surface area contributed by atoms with E-state index in [1.54, 1.807) is 16.9 Å². The van der Waals surface area contributed by atoms with Gasteiger partial charge in [0, 0.05) is 30.2 Å². The van der Waals surface area contributed by atoms with Crippen molar-refractivity contribution in [2.24, 2.45) is 0 Å². The topological polar surface area (TPSA) is 108 Å². The molecule has 1 atom stereocenters. The number of nitrogens with one attached hydrogen (secondary N) is 1. The highest BCUT2D eigenvalue weighted by atomic mass is 16.2. The van der Waals surface area contributed by atoms with Crippen LogP contribution in [-0.2, 0) is 13.0 Å². The van der Waals surface area contributed by atoms with Gasteiger partial charge in [-0.25, -0.2) is 4.98 Å². The monoisotopic (exact) mass is 414 g/mol. The van der Waals surface area contributed by atoms with E-state index in [9.17, 15) is 9.59 Å². The van der Waals surface area contributed by atoms with E-state index < -0.39 is 0 Å². The lowest BCUT2D eigenvalue weighted by Gasteiger charge is -2.23. The zero-order valence-electron chi connectivity index (χ0n) is 17.1. The minimum absolute atomic E-state index is 0.0771. The minimum Gasteiger partial charge on any atom is -0.399 e. The number of nitrogens with two attached hydrogens (primary N) is 1. The number of carbonyl (C=O) groups excluding carboxylic acids is 2. The summed E-state index contributed by atoms with van der Waals surface area (Å²) in [6.07, 6.45) is 3.78. The molecular formula is C23H22N6O2. The molecule has 3 aromatic heterocycles. The molecule has 8 nitrogen and oxygen atoms in total. The van der Waals surface area contributed by atoms with Crippen molar-refractivity contribution in [2.75, 3.05) is 12.3 Å². The summed E-state index contributed by atoms with van der Waals surface area (Å²) >= 11 is 0. The van der Waals surface area contributed by atoms with Crippen LogP contribution in [0.4, 0.5) is 5.69 Å². The summed E-state index contributed by atoms with van der Waals surface area (Å²) in [5, 5.41) is 8.08. The Kier molecular flexibility index (Phi) is 4.54. The Labute approximate surface area is 178 Å². The first-order valence-electron chi connectivity index (χ1n) is 10.2. The summed E-state index contributed by atoms with van der Waals surface area (Å²) in [5.41, 5.74) is 10.0. The third kappa shape index (κ3) is 3.56. The third-order valence-corrected chi connectivity index (χ3v) is 5.55. The second-order valence-electron chi connectivity index (χ2n) is 7.96. The van der Waals surface area contributed by atoms with Gasteiger partial charge in [-0.1, -0.05) is 12.1 Å². The van der Waals surface area contributed by atoms with E-state index in [4.69, 9.17) is 5.73 Å². The maximum Gasteiger partial charge on any atom is 0.268 e. The Balaban J connectivity index is 1.37. The maximum absolute atomic E-state index is 12.9. The molecule has 0 unspecified atom stereocenters. The molecule has 0 saturated carbocycles. The molecule has 1 aromatic carbocycles. The van der Waals surface area contributed by atoms with E-state index in [1.165, 1.54) is 0 Å². The number of benzene rings is 1. The Hall–Kier alpha value is -3.94. The van der Waals surface area contributed by atoms with Crippen molar-refractivity contribution >= 4 is 28.4 Å². The number of nitrogens with zero attached hydrogens (tertiary/aromatic N) is 4. The predicted octanol–water partition coefficient (Wildman–Crippen LogP) is 2.59. The van der Waals surface area contributed by atoms with Crippen molar-refractivity contribution in [2.45, 2.75) is 25.9 Å². The minimum atomic E-state index is -0.114. The van der Waals surface area contributed by atoms with Gasteiger partial charge in [-0.15, -0.1) is 0 Å². The van der Waals surface area contributed by atoms with Crippen LogP contribution in [0.1, 0.15) is 45.1 Å². The number of pyridine rings is 1. The summed E-state index contributed by atoms with van der Waals surface area (Å²) in [7, 11) is 0. The molecule has 0 saturated heterocycles. The van der Waals surface area contributed by atoms with Crippen molar-refractivity contribution in [3.63, 3.8) is 0 Å². The highest BCUT2D eigenvalue weighted by Gasteiger charge is 2.25. The number of nitrogen functional groups attached to an aromatic ring is 1. The van der Waals surface area contributed by atoms with Crippen LogP contribution in [0.5, 0.6) is 0 Å². The van der Waals surface area contributed by atoms with Gasteiger partial charge in [-0.2, -0.15) is 5.10 Å². The van der Waals surface area contributed by atoms with Crippen molar-refractivity contribution in [3.05, 3.63) is 77.4 Å². The van der Waals surface area contributed by atoms with E-state index in [0.717, 1.165) is 16.5 Å². The second-order valence-corrected chi connectivity index (χ2v) is 7.96. The molecule has 0 aliphatic carbocycles. The van der Waals surface area contributed by atoms with Crippen LogP contribution in [0.15, 0.2) is 54.9 Å². The molecule has 156 valence electrons. The van der Waals surface area contributed by atoms with Gasteiger partial charge in [0.1, 0.15) is 17.0 Å². The molecule has 3 N–H and O–H groups in total. The number of Topliss-reactive ketones (excluding diaryl/α,β-unsaturated/α-hetero) is 1. The molecule has 1 aliphatic rings. The number of fused-ring (bicyclic) bond motifs is 3. The van der Waals surface area contributed by atoms with Gasteiger partial charge in [0.2, 0.25) is 0 Å². The molecule has 4 heterocycles. The lowest BCUT2D eigenvalue weighted by atomic mass is 10.1. The van der Waals surface area contributed by atoms with Crippen molar-refractivity contribution in [1.82, 2.24) is 24.6 Å². The fourth-order valence-corrected chi connectivity index (χ4v) is 4.03. The molecule has 5 rings (SSSR count). The average Bonchev–Trinajstić information content (AvgIpc) is 3.35. The van der Waals surface area contributed by atoms with Crippen LogP contribution in [-0.4, -0.2) is 37.6 Å². The van der Waals surface area contributed by atoms with Gasteiger partial charge in [0.15, 0.2) is 5.78 Å². The number of rotatable bonds is 5. The maximum atomic E-state index is 12.9. The zero-order chi connectivity index (χ0) is 21.5. The molecule has 1 aliphatic heterocycles. The van der Waals surface area contributed by atoms with Gasteiger partial charge < -0.3 is 15.6 Å². The molecule has 0 spiro atoms. The summed E-state index contributed by atoms with van der Waals surface area (Å²) in [6.45, 7) is 3.15. The molecule has 1 amide bonds. The van der Waals surface area contributed by atoms with Crippen LogP contribution in [0.25, 0.3) is 11.0 Å². The van der Waals surface area contributed by atoms with Crippen molar-refractivity contribution < 1.29 is 9.59 Å². The summed E-state index contributed by atoms with van der Waals surface area (Å²) in [4.78, 5) is 29.7. The number of ketones is 1. The van der Waals surface area contributed by atoms with Crippen molar-refractivity contribution in [3.8, 4) is 0 Å². The van der Waals surface area contributed by atoms with E-state index in [0.29, 0.717) is 35.8 Å². The van der Waals surface area contributed by atoms with Crippen LogP contribution in [0.3, 0.4) is 0 Å². The third-order valence-electron chi connectivity index (χ3n) is 5.55. The lowest BCUT2D eigenvalue weighted by molar-refractivity contribution is 0.0918. The number of anilines is 1. The predicted molar refractivity (Wildman–Crippen MR) is 117 cm³/mol. The van der Waals surface area contributed by atoms with E-state index in [1.807, 2.05) is 54.1 Å². The van der Waals surface area contributed by atoms with E-state index >= 15 is 0 Å². The fourth-order valence-electron chi connectivity index (χ4n) is 4.03. The van der Waals surface area contributed by atoms with Crippen molar-refractivity contribution in [1.29, 1.82) is 0 Å². The summed E-state index contributed by atoms with van der Waals surface area (Å²) in [6, 6.07) is 13.1. The Morgan fingerprint density at radius 3 is 2.94 bits per heavy atom. The highest BCUT2D eigenvalue weighted by molar-refractivity contribution is 6.01. The number of amides is 1. The van der Waals surface area contributed by atoms with Gasteiger partial charge in [-0.3, -0.25) is 14.3 Å². The average molecular weight is 414 g/mol. The first kappa shape index (κ1) is 19.0. The van der Waals surface area contributed by atoms with Gasteiger partial charge in [0.05, 0.1) is 18.8 Å². The van der Waals surface area contributed by atoms with Gasteiger partial charge >= 0.3 is 0 Å². The first-order valence-corrected chi connectivity index (χ1v) is 10.2. The van der Waals surface area contributed by atoms with E-state index in [2.05, 4.69) is 15.4 Å². The second kappa shape index (κ2) is 7.39. The normalized spacial score (nSPS) is 15.6. The quantitative estimate of drug-likeness (QED) is 0.385. The molecular weight excluding hydrogens is 392 g/mol. The zero-order valence-corrected chi connectivity index (χ0v) is 17.1. The summed E-state index contributed by atoms with van der Waals surface area (Å²) < 4.78 is 3.70. The molecule has 31 heavy (non-hydrogen) atoms. The molecule has 0 bridgehead atoms. The van der Waals surface area contributed by atoms with Crippen LogP contribution in [0.2, 0.25) is 0 Å². The summed E-state index contributed by atoms with van der Waals surface area (Å²) in [5.74, 6) is -0.203. The Morgan fingerprint density at radius 1 is 1.23 bits per heavy atom. The number of carbonyl (C=O) groups is 2. The van der Waals surface area contributed by atoms with Crippen LogP contribution < -0.4 is 11.1 Å². The molecule has 0 fully saturated rings. The highest BCUT2D eigenvalue weighted by Crippen LogP contribution is 2.26. The van der Waals surface area contributed by atoms with E-state index in [-0.39, 0.29) is 24.2 Å². The smallest absolute Gasteiger partial charge is 0.268 e. The van der Waals surface area contributed by atoms with Gasteiger partial charge in [0.25, 0.3) is 5.91 Å². The van der Waals surface area contributed by atoms with Crippen LogP contribution >= 0.6 is 0 Å². The number of aromatic nitrogens is 4. The number of hydrogen-bond donors (Lipinski definition) is 2. The Bertz CT molecular complexity index is 1320. The Morgan fingerprint density at radius 2 is 2.10 bits per heavy atom. The molecule has 4 aromatic rings. The largest absolute Gasteiger partial charge is 0.399 e. The standard InChI is InChI=1S/C23H22N6O2/c1-14-10-25-23(31)20-9-17-5-6-19(27-22(17)29(14)20)21(30)8-16-11-26-28(13-16)12-15-3-2-4-18(24)7-15/h2-7,9,11,13-14H,8,10,12,24H2,1H3,(H,25,31)/t14-/m1/s1. The number of hydrogen-bond acceptors (Lipinski definition) is 5. The van der Waals surface area contributed by atoms with Crippen LogP contribution in [0, 0.1) is 0 Å². The van der Waals surface area contributed by atoms with Gasteiger partial charge in [-0.05, 0) is 48.4 Å².